The molecule has 0 aliphatic carbocycles. The number of ether oxygens (including phenoxy) is 2. The number of halogens is 2. The standard InChI is InChI=1S/C21H25Cl2N5O2S/c1-3-29-19-11-16(13-24-9-6-10-31-21-25-26-27-28(21)2)18(23)12-20(19)30-14-15-7-4-5-8-17(15)22/h4-5,7-8,11-12,24H,3,6,9-10,13-14H2,1-2H3. The molecule has 0 spiro atoms. The molecule has 0 unspecified atom stereocenters. The van der Waals surface area contributed by atoms with Crippen LogP contribution >= 0.6 is 35.0 Å². The van der Waals surface area contributed by atoms with Gasteiger partial charge in [-0.05, 0) is 48.0 Å². The van der Waals surface area contributed by atoms with Gasteiger partial charge in [-0.2, -0.15) is 0 Å². The van der Waals surface area contributed by atoms with Crippen LogP contribution in [0.1, 0.15) is 24.5 Å². The quantitative estimate of drug-likeness (QED) is 0.295. The molecule has 1 aromatic heterocycles. The summed E-state index contributed by atoms with van der Waals surface area (Å²) in [7, 11) is 1.83. The average molecular weight is 482 g/mol. The van der Waals surface area contributed by atoms with Crippen LogP contribution in [0.25, 0.3) is 0 Å². The van der Waals surface area contributed by atoms with Crippen LogP contribution in [0.3, 0.4) is 0 Å². The van der Waals surface area contributed by atoms with Gasteiger partial charge in [-0.15, -0.1) is 5.10 Å². The van der Waals surface area contributed by atoms with E-state index in [9.17, 15) is 0 Å². The van der Waals surface area contributed by atoms with E-state index in [1.807, 2.05) is 44.3 Å². The van der Waals surface area contributed by atoms with Crippen molar-refractivity contribution in [1.29, 1.82) is 0 Å². The lowest BCUT2D eigenvalue weighted by Gasteiger charge is -2.16. The molecule has 7 nitrogen and oxygen atoms in total. The number of benzene rings is 2. The van der Waals surface area contributed by atoms with Crippen LogP contribution in [0.4, 0.5) is 0 Å². The molecule has 0 atom stereocenters. The highest BCUT2D eigenvalue weighted by Crippen LogP contribution is 2.34. The SMILES string of the molecule is CCOc1cc(CNCCCSc2nnnn2C)c(Cl)cc1OCc1ccccc1Cl. The summed E-state index contributed by atoms with van der Waals surface area (Å²) in [5, 5.41) is 17.0. The first kappa shape index (κ1) is 23.7. The van der Waals surface area contributed by atoms with Gasteiger partial charge in [0.15, 0.2) is 11.5 Å². The molecule has 1 N–H and O–H groups in total. The number of aromatic nitrogens is 4. The fourth-order valence-electron chi connectivity index (χ4n) is 2.79. The monoisotopic (exact) mass is 481 g/mol. The highest BCUT2D eigenvalue weighted by Gasteiger charge is 2.12. The lowest BCUT2D eigenvalue weighted by Crippen LogP contribution is -2.16. The van der Waals surface area contributed by atoms with Gasteiger partial charge >= 0.3 is 0 Å². The molecule has 0 aliphatic rings. The van der Waals surface area contributed by atoms with E-state index in [4.69, 9.17) is 32.7 Å². The van der Waals surface area contributed by atoms with Gasteiger partial charge in [0.2, 0.25) is 5.16 Å². The Balaban J connectivity index is 1.52. The fourth-order valence-corrected chi connectivity index (χ4v) is 3.99. The molecule has 2 aromatic carbocycles. The van der Waals surface area contributed by atoms with Crippen LogP contribution in [0.2, 0.25) is 10.0 Å². The van der Waals surface area contributed by atoms with E-state index < -0.39 is 0 Å². The molecule has 0 bridgehead atoms. The van der Waals surface area contributed by atoms with E-state index in [1.165, 1.54) is 0 Å². The molecule has 31 heavy (non-hydrogen) atoms. The number of nitrogens with one attached hydrogen (secondary N) is 1. The van der Waals surface area contributed by atoms with Crippen LogP contribution in [-0.4, -0.2) is 39.1 Å². The van der Waals surface area contributed by atoms with Crippen molar-refractivity contribution in [2.75, 3.05) is 18.9 Å². The molecule has 10 heteroatoms. The van der Waals surface area contributed by atoms with Crippen molar-refractivity contribution in [1.82, 2.24) is 25.5 Å². The highest BCUT2D eigenvalue weighted by molar-refractivity contribution is 7.99. The smallest absolute Gasteiger partial charge is 0.209 e. The zero-order valence-corrected chi connectivity index (χ0v) is 19.8. The Morgan fingerprint density at radius 1 is 1.06 bits per heavy atom. The van der Waals surface area contributed by atoms with Gasteiger partial charge in [-0.25, -0.2) is 4.68 Å². The number of rotatable bonds is 12. The van der Waals surface area contributed by atoms with Gasteiger partial charge in [-0.1, -0.05) is 53.2 Å². The molecule has 0 fully saturated rings. The van der Waals surface area contributed by atoms with Crippen LogP contribution in [0.15, 0.2) is 41.6 Å². The van der Waals surface area contributed by atoms with Crippen LogP contribution in [0.5, 0.6) is 11.5 Å². The van der Waals surface area contributed by atoms with Crippen molar-refractivity contribution in [2.45, 2.75) is 31.7 Å². The molecule has 0 saturated heterocycles. The van der Waals surface area contributed by atoms with E-state index >= 15 is 0 Å². The second kappa shape index (κ2) is 12.1. The van der Waals surface area contributed by atoms with E-state index in [0.29, 0.717) is 41.3 Å². The Morgan fingerprint density at radius 3 is 2.61 bits per heavy atom. The summed E-state index contributed by atoms with van der Waals surface area (Å²) in [5.74, 6) is 2.19. The highest BCUT2D eigenvalue weighted by atomic mass is 35.5. The van der Waals surface area contributed by atoms with Gasteiger partial charge in [0, 0.05) is 41.0 Å². The third-order valence-electron chi connectivity index (χ3n) is 4.38. The second-order valence-corrected chi connectivity index (χ2v) is 8.54. The average Bonchev–Trinajstić information content (AvgIpc) is 3.17. The van der Waals surface area contributed by atoms with Gasteiger partial charge in [-0.3, -0.25) is 0 Å². The van der Waals surface area contributed by atoms with E-state index in [2.05, 4.69) is 20.8 Å². The Kier molecular flexibility index (Phi) is 9.27. The first-order valence-corrected chi connectivity index (χ1v) is 11.7. The van der Waals surface area contributed by atoms with Crippen LogP contribution < -0.4 is 14.8 Å². The minimum Gasteiger partial charge on any atom is -0.490 e. The lowest BCUT2D eigenvalue weighted by molar-refractivity contribution is 0.269. The predicted molar refractivity (Wildman–Crippen MR) is 124 cm³/mol. The number of tetrazole rings is 1. The Bertz CT molecular complexity index is 986. The summed E-state index contributed by atoms with van der Waals surface area (Å²) in [5.41, 5.74) is 1.86. The van der Waals surface area contributed by atoms with Crippen molar-refractivity contribution >= 4 is 35.0 Å². The largest absolute Gasteiger partial charge is 0.490 e. The minimum atomic E-state index is 0.340. The maximum atomic E-state index is 6.51. The molecule has 3 aromatic rings. The molecule has 0 aliphatic heterocycles. The van der Waals surface area contributed by atoms with Crippen molar-refractivity contribution in [3.63, 3.8) is 0 Å². The summed E-state index contributed by atoms with van der Waals surface area (Å²) in [6.07, 6.45) is 0.979. The van der Waals surface area contributed by atoms with Crippen molar-refractivity contribution in [2.24, 2.45) is 7.05 Å². The molecule has 0 saturated carbocycles. The summed E-state index contributed by atoms with van der Waals surface area (Å²) in [6.45, 7) is 4.30. The minimum absolute atomic E-state index is 0.340. The van der Waals surface area contributed by atoms with E-state index in [-0.39, 0.29) is 0 Å². The van der Waals surface area contributed by atoms with Crippen LogP contribution in [-0.2, 0) is 20.2 Å². The lowest BCUT2D eigenvalue weighted by atomic mass is 10.2. The third kappa shape index (κ3) is 7.00. The topological polar surface area (TPSA) is 74.1 Å². The van der Waals surface area contributed by atoms with Gasteiger partial charge in [0.1, 0.15) is 6.61 Å². The number of thioether (sulfide) groups is 1. The summed E-state index contributed by atoms with van der Waals surface area (Å²) in [6, 6.07) is 11.3. The fraction of sp³-hybridized carbons (Fsp3) is 0.381. The number of aryl methyl sites for hydroxylation is 1. The van der Waals surface area contributed by atoms with Crippen molar-refractivity contribution < 1.29 is 9.47 Å². The second-order valence-electron chi connectivity index (χ2n) is 6.67. The predicted octanol–water partition coefficient (Wildman–Crippen LogP) is 4.77. The van der Waals surface area contributed by atoms with Crippen LogP contribution in [0, 0.1) is 0 Å². The third-order valence-corrected chi connectivity index (χ3v) is 6.20. The molecular formula is C21H25Cl2N5O2S. The summed E-state index contributed by atoms with van der Waals surface area (Å²) < 4.78 is 13.4. The molecule has 1 heterocycles. The zero-order valence-electron chi connectivity index (χ0n) is 17.5. The Hall–Kier alpha value is -2.00. The van der Waals surface area contributed by atoms with E-state index in [1.54, 1.807) is 22.5 Å². The van der Waals surface area contributed by atoms with Gasteiger partial charge in [0.05, 0.1) is 6.61 Å². The zero-order chi connectivity index (χ0) is 22.1. The number of nitrogens with zero attached hydrogens (tertiary/aromatic N) is 4. The molecule has 166 valence electrons. The first-order chi connectivity index (χ1) is 15.1. The molecule has 0 radical (unpaired) electrons. The van der Waals surface area contributed by atoms with Crippen molar-refractivity contribution in [3.05, 3.63) is 57.6 Å². The van der Waals surface area contributed by atoms with Crippen molar-refractivity contribution in [3.8, 4) is 11.5 Å². The Labute approximate surface area is 196 Å². The molecular weight excluding hydrogens is 457 g/mol. The number of hydrogen-bond acceptors (Lipinski definition) is 7. The Morgan fingerprint density at radius 2 is 1.87 bits per heavy atom. The first-order valence-electron chi connectivity index (χ1n) is 9.95. The normalized spacial score (nSPS) is 11.0. The molecule has 0 amide bonds. The van der Waals surface area contributed by atoms with E-state index in [0.717, 1.165) is 35.0 Å². The summed E-state index contributed by atoms with van der Waals surface area (Å²) in [4.78, 5) is 0. The maximum absolute atomic E-state index is 6.51. The summed E-state index contributed by atoms with van der Waals surface area (Å²) >= 11 is 14.4. The maximum Gasteiger partial charge on any atom is 0.209 e. The van der Waals surface area contributed by atoms with Gasteiger partial charge in [0.25, 0.3) is 0 Å². The molecule has 3 rings (SSSR count). The number of hydrogen-bond donors (Lipinski definition) is 1. The van der Waals surface area contributed by atoms with Gasteiger partial charge < -0.3 is 14.8 Å².